The second kappa shape index (κ2) is 6.01. The topological polar surface area (TPSA) is 15.3 Å². The Morgan fingerprint density at radius 3 is 2.32 bits per heavy atom. The van der Waals surface area contributed by atoms with Gasteiger partial charge in [0.05, 0.1) is 0 Å². The van der Waals surface area contributed by atoms with Gasteiger partial charge < -0.3 is 5.32 Å². The van der Waals surface area contributed by atoms with Crippen molar-refractivity contribution in [1.82, 2.24) is 10.2 Å². The van der Waals surface area contributed by atoms with E-state index in [1.807, 2.05) is 12.1 Å². The highest BCUT2D eigenvalue weighted by Crippen LogP contribution is 2.42. The zero-order chi connectivity index (χ0) is 12.6. The molecule has 2 nitrogen and oxygen atoms in total. The first kappa shape index (κ1) is 15.1. The molecule has 0 aromatic heterocycles. The fourth-order valence-electron chi connectivity index (χ4n) is 3.31. The first-order valence-electron chi connectivity index (χ1n) is 6.89. The maximum absolute atomic E-state index is 5.94. The molecule has 0 bridgehead atoms. The lowest BCUT2D eigenvalue weighted by atomic mass is 9.71. The summed E-state index contributed by atoms with van der Waals surface area (Å²) in [6.45, 7) is 7.22. The van der Waals surface area contributed by atoms with Gasteiger partial charge in [-0.3, -0.25) is 4.90 Å². The molecule has 1 unspecified atom stereocenters. The highest BCUT2D eigenvalue weighted by molar-refractivity contribution is 6.30. The van der Waals surface area contributed by atoms with Gasteiger partial charge in [0.25, 0.3) is 0 Å². The molecular weight excluding hydrogens is 279 g/mol. The van der Waals surface area contributed by atoms with Crippen molar-refractivity contribution in [2.75, 3.05) is 26.2 Å². The standard InChI is InChI=1S/C15H21ClN2.ClH/c1-12(13-2-4-14(16)5-3-13)18-10-15(11-18)6-8-17-9-7-15;/h2-5,12,17H,6-11H2,1H3;1H. The summed E-state index contributed by atoms with van der Waals surface area (Å²) >= 11 is 5.94. The van der Waals surface area contributed by atoms with Gasteiger partial charge in [0.15, 0.2) is 0 Å². The average molecular weight is 301 g/mol. The molecule has 1 spiro atoms. The van der Waals surface area contributed by atoms with E-state index in [0.29, 0.717) is 11.5 Å². The summed E-state index contributed by atoms with van der Waals surface area (Å²) in [4.78, 5) is 2.59. The van der Waals surface area contributed by atoms with Crippen LogP contribution in [-0.2, 0) is 0 Å². The maximum atomic E-state index is 5.94. The third kappa shape index (κ3) is 3.08. The van der Waals surface area contributed by atoms with Crippen LogP contribution in [0.4, 0.5) is 0 Å². The molecule has 2 aliphatic rings. The number of nitrogens with one attached hydrogen (secondary N) is 1. The lowest BCUT2D eigenvalue weighted by Gasteiger charge is -2.55. The zero-order valence-electron chi connectivity index (χ0n) is 11.4. The Balaban J connectivity index is 0.00000133. The summed E-state index contributed by atoms with van der Waals surface area (Å²) in [5, 5.41) is 4.28. The summed E-state index contributed by atoms with van der Waals surface area (Å²) in [5.41, 5.74) is 1.99. The van der Waals surface area contributed by atoms with E-state index in [-0.39, 0.29) is 12.4 Å². The first-order chi connectivity index (χ1) is 8.69. The lowest BCUT2D eigenvalue weighted by molar-refractivity contribution is -0.0472. The number of likely N-dealkylation sites (tertiary alicyclic amines) is 1. The normalized spacial score (nSPS) is 23.5. The van der Waals surface area contributed by atoms with Gasteiger partial charge in [-0.1, -0.05) is 23.7 Å². The average Bonchev–Trinajstić information content (AvgIpc) is 2.37. The number of hydrogen-bond acceptors (Lipinski definition) is 2. The molecule has 0 saturated carbocycles. The van der Waals surface area contributed by atoms with Gasteiger partial charge >= 0.3 is 0 Å². The molecule has 3 rings (SSSR count). The molecule has 2 fully saturated rings. The minimum Gasteiger partial charge on any atom is -0.317 e. The van der Waals surface area contributed by atoms with Crippen molar-refractivity contribution in [1.29, 1.82) is 0 Å². The highest BCUT2D eigenvalue weighted by Gasteiger charge is 2.44. The van der Waals surface area contributed by atoms with Crippen LogP contribution >= 0.6 is 24.0 Å². The summed E-state index contributed by atoms with van der Waals surface area (Å²) < 4.78 is 0. The van der Waals surface area contributed by atoms with E-state index in [4.69, 9.17) is 11.6 Å². The predicted molar refractivity (Wildman–Crippen MR) is 83.2 cm³/mol. The van der Waals surface area contributed by atoms with Crippen LogP contribution in [0.5, 0.6) is 0 Å². The van der Waals surface area contributed by atoms with E-state index in [1.165, 1.54) is 44.6 Å². The molecule has 1 aromatic carbocycles. The van der Waals surface area contributed by atoms with E-state index >= 15 is 0 Å². The van der Waals surface area contributed by atoms with Crippen LogP contribution in [0, 0.1) is 5.41 Å². The number of benzene rings is 1. The summed E-state index contributed by atoms with van der Waals surface area (Å²) in [6.07, 6.45) is 2.69. The molecule has 4 heteroatoms. The van der Waals surface area contributed by atoms with Gasteiger partial charge in [0, 0.05) is 24.2 Å². The third-order valence-electron chi connectivity index (χ3n) is 4.64. The Bertz CT molecular complexity index is 405. The number of rotatable bonds is 2. The molecule has 19 heavy (non-hydrogen) atoms. The molecule has 2 heterocycles. The molecule has 106 valence electrons. The Morgan fingerprint density at radius 2 is 1.74 bits per heavy atom. The van der Waals surface area contributed by atoms with Crippen molar-refractivity contribution in [2.24, 2.45) is 5.41 Å². The monoisotopic (exact) mass is 300 g/mol. The maximum Gasteiger partial charge on any atom is 0.0406 e. The van der Waals surface area contributed by atoms with E-state index in [9.17, 15) is 0 Å². The molecule has 1 N–H and O–H groups in total. The van der Waals surface area contributed by atoms with Crippen molar-refractivity contribution in [3.63, 3.8) is 0 Å². The van der Waals surface area contributed by atoms with Crippen molar-refractivity contribution in [2.45, 2.75) is 25.8 Å². The molecule has 1 atom stereocenters. The van der Waals surface area contributed by atoms with Gasteiger partial charge in [0.1, 0.15) is 0 Å². The van der Waals surface area contributed by atoms with Gasteiger partial charge in [-0.05, 0) is 56.0 Å². The van der Waals surface area contributed by atoms with E-state index in [2.05, 4.69) is 29.3 Å². The lowest BCUT2D eigenvalue weighted by Crippen LogP contribution is -2.60. The fraction of sp³-hybridized carbons (Fsp3) is 0.600. The van der Waals surface area contributed by atoms with Gasteiger partial charge in [-0.15, -0.1) is 12.4 Å². The fourth-order valence-corrected chi connectivity index (χ4v) is 3.44. The SMILES string of the molecule is CC(c1ccc(Cl)cc1)N1CC2(CCNCC2)C1.Cl. The molecule has 0 aliphatic carbocycles. The Kier molecular flexibility index (Phi) is 4.78. The smallest absolute Gasteiger partial charge is 0.0406 e. The minimum atomic E-state index is 0. The van der Waals surface area contributed by atoms with Crippen LogP contribution in [0.2, 0.25) is 5.02 Å². The van der Waals surface area contributed by atoms with Crippen LogP contribution in [0.3, 0.4) is 0 Å². The molecule has 1 aromatic rings. The first-order valence-corrected chi connectivity index (χ1v) is 7.27. The molecule has 0 radical (unpaired) electrons. The quantitative estimate of drug-likeness (QED) is 0.899. The number of nitrogens with zero attached hydrogens (tertiary/aromatic N) is 1. The number of halogens is 2. The second-order valence-electron chi connectivity index (χ2n) is 5.88. The van der Waals surface area contributed by atoms with E-state index in [0.717, 1.165) is 5.02 Å². The Morgan fingerprint density at radius 1 is 1.16 bits per heavy atom. The van der Waals surface area contributed by atoms with Gasteiger partial charge in [0.2, 0.25) is 0 Å². The summed E-state index contributed by atoms with van der Waals surface area (Å²) in [6, 6.07) is 8.81. The Labute approximate surface area is 126 Å². The van der Waals surface area contributed by atoms with Crippen LogP contribution in [0.1, 0.15) is 31.4 Å². The van der Waals surface area contributed by atoms with Crippen LogP contribution in [-0.4, -0.2) is 31.1 Å². The molecule has 2 saturated heterocycles. The zero-order valence-corrected chi connectivity index (χ0v) is 12.9. The van der Waals surface area contributed by atoms with Crippen molar-refractivity contribution in [3.8, 4) is 0 Å². The predicted octanol–water partition coefficient (Wildman–Crippen LogP) is 3.51. The van der Waals surface area contributed by atoms with Crippen molar-refractivity contribution in [3.05, 3.63) is 34.9 Å². The van der Waals surface area contributed by atoms with Crippen LogP contribution in [0.25, 0.3) is 0 Å². The molecular formula is C15H22Cl2N2. The molecule has 0 amide bonds. The van der Waals surface area contributed by atoms with Gasteiger partial charge in [-0.2, -0.15) is 0 Å². The largest absolute Gasteiger partial charge is 0.317 e. The molecule has 2 aliphatic heterocycles. The van der Waals surface area contributed by atoms with E-state index < -0.39 is 0 Å². The van der Waals surface area contributed by atoms with Crippen LogP contribution in [0.15, 0.2) is 24.3 Å². The number of hydrogen-bond donors (Lipinski definition) is 1. The summed E-state index contributed by atoms with van der Waals surface area (Å²) in [7, 11) is 0. The van der Waals surface area contributed by atoms with Gasteiger partial charge in [-0.25, -0.2) is 0 Å². The Hall–Kier alpha value is -0.280. The minimum absolute atomic E-state index is 0. The second-order valence-corrected chi connectivity index (χ2v) is 6.32. The van der Waals surface area contributed by atoms with E-state index in [1.54, 1.807) is 0 Å². The van der Waals surface area contributed by atoms with Crippen LogP contribution < -0.4 is 5.32 Å². The highest BCUT2D eigenvalue weighted by atomic mass is 35.5. The van der Waals surface area contributed by atoms with Crippen molar-refractivity contribution < 1.29 is 0 Å². The third-order valence-corrected chi connectivity index (χ3v) is 4.89. The van der Waals surface area contributed by atoms with Crippen molar-refractivity contribution >= 4 is 24.0 Å². The summed E-state index contributed by atoms with van der Waals surface area (Å²) in [5.74, 6) is 0. The number of piperidine rings is 1.